The molecule has 0 amide bonds. The third-order valence-corrected chi connectivity index (χ3v) is 20.2. The summed E-state index contributed by atoms with van der Waals surface area (Å²) in [7, 11) is 1.72. The summed E-state index contributed by atoms with van der Waals surface area (Å²) in [5.74, 6) is -0.323. The average Bonchev–Trinajstić information content (AvgIpc) is 1.69. The molecule has 0 saturated heterocycles. The van der Waals surface area contributed by atoms with Gasteiger partial charge in [-0.1, -0.05) is 164 Å². The number of carboxylic acid groups (broad SMARTS) is 2. The first-order valence-corrected chi connectivity index (χ1v) is 40.0. The molecule has 0 bridgehead atoms. The minimum Gasteiger partial charge on any atom is -0.508 e. The quantitative estimate of drug-likeness (QED) is 0.0259. The summed E-state index contributed by atoms with van der Waals surface area (Å²) in [4.78, 5) is 35.1. The molecule has 15 aromatic rings. The van der Waals surface area contributed by atoms with Gasteiger partial charge in [-0.3, -0.25) is 0 Å². The van der Waals surface area contributed by atoms with Gasteiger partial charge in [-0.2, -0.15) is 26.3 Å². The SMILES string of the molecule is CCOC(=O)c1nnn(Cc2ccc(OC)cc2)c1Oc1ccc(-c2ccc(C#N)cc2)c(Cl)c1.COc1ccc(Cn2nnc(C(=O)O)c2Oc2ccc(-c3ccc(C#N)cc3)c(Cl)c2)cc1.N#Cc1ccc(-c2ccc(O)cc2Cl)cc1.N#Cc1ccc(-c2ccc(Oc3nn[nH]c3C(=O)O)cc2Cl)cc1.N#Cc1ccc(B(O)O)cc1.Oc1ccc(Br)c(Cl)c1. The van der Waals surface area contributed by atoms with Gasteiger partial charge in [-0.05, 0) is 219 Å². The van der Waals surface area contributed by atoms with Crippen molar-refractivity contribution in [1.82, 2.24) is 45.4 Å². The Bertz CT molecular complexity index is 6640. The molecule has 0 aliphatic heterocycles. The molecular weight excluding hydrogens is 1810 g/mol. The van der Waals surface area contributed by atoms with Gasteiger partial charge < -0.3 is 58.9 Å². The predicted octanol–water partition coefficient (Wildman–Crippen LogP) is 19.6. The first-order chi connectivity index (χ1) is 61.7. The van der Waals surface area contributed by atoms with Gasteiger partial charge in [0.15, 0.2) is 0 Å². The van der Waals surface area contributed by atoms with E-state index in [0.29, 0.717) is 87.9 Å². The number of aromatic hydroxyl groups is 2. The lowest BCUT2D eigenvalue weighted by Gasteiger charge is -2.12. The summed E-state index contributed by atoms with van der Waals surface area (Å²) in [6, 6.07) is 83.9. The lowest BCUT2D eigenvalue weighted by Crippen LogP contribution is -2.29. The standard InChI is InChI=1S/C26H21ClN4O4.C24H17ClN4O4.C16H9ClN4O3.C13H8ClNO.C7H6BNO2.C6H4BrClO/c1-3-34-26(32)24-25(31(30-29-24)16-18-6-10-20(33-2)11-7-18)35-21-12-13-22(23(27)14-21)19-8-4-17(15-28)5-9-19;1-32-18-8-4-16(5-9-18)14-29-23(22(24(30)31)27-28-29)33-19-10-11-20(21(25)12-19)17-6-2-15(13-26)3-7-17;17-13-7-11(24-15-14(16(22)23)19-21-20-15)5-6-12(13)10-3-1-9(8-18)2-4-10;14-13-7-11(16)5-6-12(13)10-3-1-9(8-15)2-4-10;9-5-6-1-3-7(4-2-6)8(10)11;7-5-2-1-4(9)3-6(5)8/h4-14H,3,16H2,1-2H3;2-12H,14H2,1H3,(H,30,31);1-7H,(H,22,23)(H,19,20,21);1-7,16H;1-4,10-11H;1-3,9H. The summed E-state index contributed by atoms with van der Waals surface area (Å²) in [6.07, 6.45) is 0. The Morgan fingerprint density at radius 2 is 0.758 bits per heavy atom. The van der Waals surface area contributed by atoms with Crippen LogP contribution in [0.4, 0.5) is 0 Å². The van der Waals surface area contributed by atoms with Crippen molar-refractivity contribution in [2.75, 3.05) is 20.8 Å². The van der Waals surface area contributed by atoms with Gasteiger partial charge in [0.25, 0.3) is 17.6 Å². The van der Waals surface area contributed by atoms with E-state index in [2.05, 4.69) is 76.2 Å². The monoisotopic (exact) mass is 1870 g/mol. The van der Waals surface area contributed by atoms with Crippen molar-refractivity contribution in [3.63, 3.8) is 0 Å². The Kier molecular flexibility index (Phi) is 34.2. The number of hydrogen-bond acceptors (Lipinski definition) is 24. The summed E-state index contributed by atoms with van der Waals surface area (Å²) < 4.78 is 36.5. The number of nitrogens with zero attached hydrogens (tertiary/aromatic N) is 13. The maximum absolute atomic E-state index is 12.5. The second-order valence-corrected chi connectivity index (χ2v) is 29.1. The van der Waals surface area contributed by atoms with Crippen LogP contribution in [-0.2, 0) is 17.8 Å². The Hall–Kier alpha value is -15.6. The van der Waals surface area contributed by atoms with Crippen molar-refractivity contribution < 1.29 is 73.3 Å². The zero-order valence-corrected chi connectivity index (χ0v) is 72.3. The van der Waals surface area contributed by atoms with Gasteiger partial charge in [-0.15, -0.1) is 10.2 Å². The van der Waals surface area contributed by atoms with Crippen molar-refractivity contribution in [2.24, 2.45) is 0 Å². The number of aromatic amines is 1. The Morgan fingerprint density at radius 1 is 0.422 bits per heavy atom. The largest absolute Gasteiger partial charge is 0.508 e. The molecule has 36 heteroatoms. The summed E-state index contributed by atoms with van der Waals surface area (Å²) in [5, 5.41) is 125. The number of hydrogen-bond donors (Lipinski definition) is 7. The lowest BCUT2D eigenvalue weighted by atomic mass is 9.80. The number of nitriles is 5. The van der Waals surface area contributed by atoms with Crippen LogP contribution in [0.2, 0.25) is 25.1 Å². The Morgan fingerprint density at radius 3 is 1.09 bits per heavy atom. The average molecular weight is 1870 g/mol. The first-order valence-electron chi connectivity index (χ1n) is 37.3. The van der Waals surface area contributed by atoms with E-state index in [9.17, 15) is 24.6 Å². The van der Waals surface area contributed by atoms with Gasteiger partial charge in [0.1, 0.15) is 40.2 Å². The van der Waals surface area contributed by atoms with Crippen LogP contribution in [0, 0.1) is 56.7 Å². The van der Waals surface area contributed by atoms with E-state index in [-0.39, 0.29) is 59.4 Å². The molecule has 15 rings (SSSR count). The molecule has 0 unspecified atom stereocenters. The van der Waals surface area contributed by atoms with Gasteiger partial charge in [0, 0.05) is 44.9 Å². The smallest absolute Gasteiger partial charge is 0.488 e. The summed E-state index contributed by atoms with van der Waals surface area (Å²) in [5.41, 5.74) is 10.9. The summed E-state index contributed by atoms with van der Waals surface area (Å²) >= 11 is 34.1. The van der Waals surface area contributed by atoms with Crippen molar-refractivity contribution in [3.05, 3.63) is 346 Å². The number of methoxy groups -OCH3 is 2. The minimum atomic E-state index is -1.46. The van der Waals surface area contributed by atoms with Crippen LogP contribution in [0.1, 0.15) is 77.3 Å². The van der Waals surface area contributed by atoms with Crippen LogP contribution >= 0.6 is 73.9 Å². The van der Waals surface area contributed by atoms with E-state index in [1.165, 1.54) is 45.8 Å². The van der Waals surface area contributed by atoms with Gasteiger partial charge >= 0.3 is 25.0 Å². The third kappa shape index (κ3) is 26.3. The number of carboxylic acids is 2. The number of phenolic OH excluding ortho intramolecular Hbond substituents is 2. The highest BCUT2D eigenvalue weighted by atomic mass is 79.9. The molecule has 0 spiro atoms. The highest BCUT2D eigenvalue weighted by Gasteiger charge is 2.26. The van der Waals surface area contributed by atoms with Crippen LogP contribution in [0.15, 0.2) is 265 Å². The van der Waals surface area contributed by atoms with Gasteiger partial charge in [0.2, 0.25) is 17.1 Å². The maximum atomic E-state index is 12.5. The van der Waals surface area contributed by atoms with E-state index in [1.54, 1.807) is 185 Å². The molecule has 0 atom stereocenters. The number of aromatic carboxylic acids is 2. The van der Waals surface area contributed by atoms with Crippen LogP contribution in [0.3, 0.4) is 0 Å². The normalized spacial score (nSPS) is 10.1. The summed E-state index contributed by atoms with van der Waals surface area (Å²) in [6.45, 7) is 2.45. The number of nitrogens with one attached hydrogen (secondary N) is 1. The van der Waals surface area contributed by atoms with E-state index in [0.717, 1.165) is 65.9 Å². The number of ether oxygens (including phenoxy) is 6. The molecule has 0 saturated carbocycles. The number of H-pyrrole nitrogens is 1. The lowest BCUT2D eigenvalue weighted by molar-refractivity contribution is 0.0515. The molecule has 0 aliphatic carbocycles. The third-order valence-electron chi connectivity index (χ3n) is 17.7. The first kappa shape index (κ1) is 94.7. The second kappa shape index (κ2) is 46.2. The van der Waals surface area contributed by atoms with Crippen LogP contribution in [0.5, 0.6) is 57.9 Å². The van der Waals surface area contributed by atoms with E-state index in [1.807, 2.05) is 66.7 Å². The molecule has 3 heterocycles. The van der Waals surface area contributed by atoms with E-state index >= 15 is 0 Å². The van der Waals surface area contributed by atoms with Crippen LogP contribution < -0.4 is 29.1 Å². The van der Waals surface area contributed by atoms with Crippen molar-refractivity contribution in [3.8, 4) is 133 Å². The number of carbonyl (C=O) groups is 3. The van der Waals surface area contributed by atoms with E-state index in [4.69, 9.17) is 133 Å². The van der Waals surface area contributed by atoms with Crippen LogP contribution in [-0.4, -0.2) is 122 Å². The fraction of sp³-hybridized carbons (Fsp3) is 0.0652. The zero-order valence-electron chi connectivity index (χ0n) is 67.0. The second-order valence-electron chi connectivity index (χ2n) is 26.2. The predicted molar refractivity (Wildman–Crippen MR) is 481 cm³/mol. The Balaban J connectivity index is 0.000000169. The molecular formula is C92H65BBrCl5N14O15. The van der Waals surface area contributed by atoms with E-state index < -0.39 is 25.0 Å². The number of esters is 1. The van der Waals surface area contributed by atoms with Gasteiger partial charge in [-0.25, -0.2) is 28.8 Å². The molecule has 29 nitrogen and oxygen atoms in total. The number of phenols is 2. The number of carbonyl (C=O) groups excluding carboxylic acids is 1. The zero-order chi connectivity index (χ0) is 91.9. The molecule has 638 valence electrons. The fourth-order valence-electron chi connectivity index (χ4n) is 11.3. The number of rotatable bonds is 21. The molecule has 0 fully saturated rings. The molecule has 12 aromatic carbocycles. The maximum Gasteiger partial charge on any atom is 0.488 e. The molecule has 128 heavy (non-hydrogen) atoms. The van der Waals surface area contributed by atoms with Crippen molar-refractivity contribution in [1.29, 1.82) is 26.3 Å². The fourth-order valence-corrected chi connectivity index (χ4v) is 12.8. The van der Waals surface area contributed by atoms with Crippen molar-refractivity contribution >= 4 is 104 Å². The topological polar surface area (TPSA) is 450 Å². The highest BCUT2D eigenvalue weighted by Crippen LogP contribution is 2.39. The van der Waals surface area contributed by atoms with Crippen molar-refractivity contribution in [2.45, 2.75) is 20.0 Å². The molecule has 3 aromatic heterocycles. The number of benzene rings is 12. The minimum absolute atomic E-state index is 0.0134. The van der Waals surface area contributed by atoms with Crippen LogP contribution in [0.25, 0.3) is 44.5 Å². The highest BCUT2D eigenvalue weighted by molar-refractivity contribution is 9.10. The number of aromatic nitrogens is 9. The number of halogens is 6. The Labute approximate surface area is 764 Å². The van der Waals surface area contributed by atoms with Gasteiger partial charge in [0.05, 0.1) is 117 Å². The molecule has 0 aliphatic rings. The molecule has 0 radical (unpaired) electrons. The molecule has 7 N–H and O–H groups in total.